The molecule has 5 heteroatoms. The van der Waals surface area contributed by atoms with Crippen molar-refractivity contribution in [1.29, 1.82) is 0 Å². The Labute approximate surface area is 138 Å². The second-order valence-electron chi connectivity index (χ2n) is 5.72. The van der Waals surface area contributed by atoms with Crippen LogP contribution in [0.1, 0.15) is 11.8 Å². The summed E-state index contributed by atoms with van der Waals surface area (Å²) in [5.41, 5.74) is 2.64. The first-order chi connectivity index (χ1) is 11.7. The van der Waals surface area contributed by atoms with Crippen molar-refractivity contribution in [1.82, 2.24) is 4.57 Å². The number of hydrogen-bond acceptors (Lipinski definition) is 2. The summed E-state index contributed by atoms with van der Waals surface area (Å²) >= 11 is 0. The Hall–Kier alpha value is -2.66. The molecular formula is C19H16F2N2O. The molecule has 1 saturated heterocycles. The van der Waals surface area contributed by atoms with E-state index < -0.39 is 0 Å². The zero-order chi connectivity index (χ0) is 16.5. The Morgan fingerprint density at radius 3 is 2.54 bits per heavy atom. The van der Waals surface area contributed by atoms with Crippen LogP contribution in [0.5, 0.6) is 0 Å². The number of anilines is 1. The molecule has 1 aliphatic rings. The van der Waals surface area contributed by atoms with Crippen molar-refractivity contribution in [2.75, 3.05) is 18.1 Å². The summed E-state index contributed by atoms with van der Waals surface area (Å²) in [6.45, 7) is 1.34. The lowest BCUT2D eigenvalue weighted by Gasteiger charge is -2.24. The third-order valence-corrected chi connectivity index (χ3v) is 4.16. The lowest BCUT2D eigenvalue weighted by atomic mass is 10.2. The maximum absolute atomic E-state index is 13.4. The Morgan fingerprint density at radius 2 is 1.75 bits per heavy atom. The first kappa shape index (κ1) is 14.9. The highest BCUT2D eigenvalue weighted by molar-refractivity contribution is 5.49. The van der Waals surface area contributed by atoms with Gasteiger partial charge in [0, 0.05) is 35.9 Å². The molecule has 122 valence electrons. The molecule has 0 aliphatic carbocycles. The largest absolute Gasteiger partial charge is 0.352 e. The van der Waals surface area contributed by atoms with E-state index in [1.54, 1.807) is 18.2 Å². The van der Waals surface area contributed by atoms with Crippen LogP contribution in [0.4, 0.5) is 14.5 Å². The third-order valence-electron chi connectivity index (χ3n) is 4.16. The number of aromatic nitrogens is 1. The third kappa shape index (κ3) is 2.78. The van der Waals surface area contributed by atoms with Gasteiger partial charge in [0.15, 0.2) is 6.23 Å². The molecule has 1 aliphatic heterocycles. The molecule has 1 aromatic heterocycles. The van der Waals surface area contributed by atoms with E-state index in [0.29, 0.717) is 6.61 Å². The average Bonchev–Trinajstić information content (AvgIpc) is 3.24. The van der Waals surface area contributed by atoms with Crippen LogP contribution in [-0.4, -0.2) is 17.7 Å². The van der Waals surface area contributed by atoms with Crippen molar-refractivity contribution in [3.05, 3.63) is 84.2 Å². The first-order valence-electron chi connectivity index (χ1n) is 7.78. The number of hydrogen-bond donors (Lipinski definition) is 0. The van der Waals surface area contributed by atoms with E-state index in [9.17, 15) is 8.78 Å². The molecule has 0 N–H and O–H groups in total. The monoisotopic (exact) mass is 326 g/mol. The van der Waals surface area contributed by atoms with Gasteiger partial charge in [-0.3, -0.25) is 0 Å². The van der Waals surface area contributed by atoms with Gasteiger partial charge in [0.2, 0.25) is 0 Å². The highest BCUT2D eigenvalue weighted by Crippen LogP contribution is 2.32. The highest BCUT2D eigenvalue weighted by atomic mass is 19.1. The summed E-state index contributed by atoms with van der Waals surface area (Å²) in [7, 11) is 0. The van der Waals surface area contributed by atoms with Crippen LogP contribution in [0.3, 0.4) is 0 Å². The molecule has 2 heterocycles. The van der Waals surface area contributed by atoms with Gasteiger partial charge in [-0.15, -0.1) is 0 Å². The van der Waals surface area contributed by atoms with Crippen LogP contribution in [-0.2, 0) is 4.74 Å². The summed E-state index contributed by atoms with van der Waals surface area (Å²) in [6.07, 6.45) is 3.58. The van der Waals surface area contributed by atoms with Crippen molar-refractivity contribution < 1.29 is 13.5 Å². The van der Waals surface area contributed by atoms with Crippen molar-refractivity contribution in [2.24, 2.45) is 0 Å². The van der Waals surface area contributed by atoms with Gasteiger partial charge in [0.25, 0.3) is 0 Å². The summed E-state index contributed by atoms with van der Waals surface area (Å²) in [6, 6.07) is 14.8. The van der Waals surface area contributed by atoms with E-state index >= 15 is 0 Å². The fourth-order valence-corrected chi connectivity index (χ4v) is 3.00. The summed E-state index contributed by atoms with van der Waals surface area (Å²) in [5, 5.41) is 0. The Bertz CT molecular complexity index is 845. The summed E-state index contributed by atoms with van der Waals surface area (Å²) < 4.78 is 34.3. The van der Waals surface area contributed by atoms with E-state index in [2.05, 4.69) is 4.90 Å². The van der Waals surface area contributed by atoms with E-state index in [1.165, 1.54) is 24.3 Å². The zero-order valence-corrected chi connectivity index (χ0v) is 12.9. The van der Waals surface area contributed by atoms with E-state index in [-0.39, 0.29) is 17.9 Å². The molecule has 1 unspecified atom stereocenters. The molecular weight excluding hydrogens is 310 g/mol. The second kappa shape index (κ2) is 6.09. The molecule has 2 aromatic carbocycles. The van der Waals surface area contributed by atoms with Crippen LogP contribution < -0.4 is 4.90 Å². The molecule has 24 heavy (non-hydrogen) atoms. The molecule has 0 spiro atoms. The lowest BCUT2D eigenvalue weighted by Crippen LogP contribution is -2.22. The van der Waals surface area contributed by atoms with Crippen LogP contribution in [0.25, 0.3) is 5.69 Å². The predicted octanol–water partition coefficient (Wildman–Crippen LogP) is 4.29. The highest BCUT2D eigenvalue weighted by Gasteiger charge is 2.27. The van der Waals surface area contributed by atoms with Crippen LogP contribution in [0.2, 0.25) is 0 Å². The average molecular weight is 326 g/mol. The van der Waals surface area contributed by atoms with Crippen molar-refractivity contribution in [3.63, 3.8) is 0 Å². The summed E-state index contributed by atoms with van der Waals surface area (Å²) in [5.74, 6) is -0.527. The van der Waals surface area contributed by atoms with Crippen molar-refractivity contribution in [3.8, 4) is 5.69 Å². The molecule has 0 saturated carbocycles. The van der Waals surface area contributed by atoms with Crippen LogP contribution >= 0.6 is 0 Å². The fraction of sp³-hybridized carbons (Fsp3) is 0.158. The molecule has 3 nitrogen and oxygen atoms in total. The topological polar surface area (TPSA) is 17.4 Å². The first-order valence-corrected chi connectivity index (χ1v) is 7.78. The van der Waals surface area contributed by atoms with Crippen molar-refractivity contribution in [2.45, 2.75) is 6.23 Å². The van der Waals surface area contributed by atoms with E-state index in [1.807, 2.05) is 29.1 Å². The number of nitrogens with zero attached hydrogens (tertiary/aromatic N) is 2. The van der Waals surface area contributed by atoms with Gasteiger partial charge in [-0.25, -0.2) is 8.78 Å². The standard InChI is InChI=1S/C19H16F2N2O/c20-15-4-6-17(7-5-15)23-10-11-24-19(23)14-8-9-22(13-14)18-3-1-2-16(21)12-18/h1-9,12-13,19H,10-11H2. The molecule has 1 atom stereocenters. The number of halogens is 2. The maximum Gasteiger partial charge on any atom is 0.158 e. The summed E-state index contributed by atoms with van der Waals surface area (Å²) in [4.78, 5) is 2.09. The van der Waals surface area contributed by atoms with Gasteiger partial charge in [0.1, 0.15) is 11.6 Å². The molecule has 0 amide bonds. The van der Waals surface area contributed by atoms with Gasteiger partial charge >= 0.3 is 0 Å². The smallest absolute Gasteiger partial charge is 0.158 e. The minimum Gasteiger partial charge on any atom is -0.352 e. The van der Waals surface area contributed by atoms with Crippen molar-refractivity contribution >= 4 is 5.69 Å². The maximum atomic E-state index is 13.4. The molecule has 1 fully saturated rings. The van der Waals surface area contributed by atoms with Gasteiger partial charge in [-0.05, 0) is 48.5 Å². The number of rotatable bonds is 3. The fourth-order valence-electron chi connectivity index (χ4n) is 3.00. The normalized spacial score (nSPS) is 17.4. The van der Waals surface area contributed by atoms with E-state index in [0.717, 1.165) is 23.5 Å². The molecule has 4 rings (SSSR count). The Morgan fingerprint density at radius 1 is 0.917 bits per heavy atom. The zero-order valence-electron chi connectivity index (χ0n) is 12.9. The molecule has 0 radical (unpaired) electrons. The number of benzene rings is 2. The molecule has 0 bridgehead atoms. The van der Waals surface area contributed by atoms with Crippen LogP contribution in [0, 0.1) is 11.6 Å². The van der Waals surface area contributed by atoms with Crippen LogP contribution in [0.15, 0.2) is 67.0 Å². The quantitative estimate of drug-likeness (QED) is 0.714. The Kier molecular flexibility index (Phi) is 3.78. The Balaban J connectivity index is 1.62. The van der Waals surface area contributed by atoms with E-state index in [4.69, 9.17) is 4.74 Å². The second-order valence-corrected chi connectivity index (χ2v) is 5.72. The minimum atomic E-state index is -0.271. The van der Waals surface area contributed by atoms with Gasteiger partial charge < -0.3 is 14.2 Å². The minimum absolute atomic E-state index is 0.231. The SMILES string of the molecule is Fc1ccc(N2CCOC2c2ccn(-c3cccc(F)c3)c2)cc1. The van der Waals surface area contributed by atoms with Gasteiger partial charge in [-0.1, -0.05) is 6.07 Å². The lowest BCUT2D eigenvalue weighted by molar-refractivity contribution is 0.114. The van der Waals surface area contributed by atoms with Gasteiger partial charge in [-0.2, -0.15) is 0 Å². The number of ether oxygens (including phenoxy) is 1. The predicted molar refractivity (Wildman–Crippen MR) is 88.2 cm³/mol. The molecule has 3 aromatic rings. The van der Waals surface area contributed by atoms with Gasteiger partial charge in [0.05, 0.1) is 6.61 Å².